The van der Waals surface area contributed by atoms with Gasteiger partial charge in [0.1, 0.15) is 0 Å². The van der Waals surface area contributed by atoms with Gasteiger partial charge in [0.15, 0.2) is 0 Å². The van der Waals surface area contributed by atoms with Crippen LogP contribution in [0.25, 0.3) is 0 Å². The zero-order valence-corrected chi connectivity index (χ0v) is 13.1. The molecule has 6 heteroatoms. The molecule has 14 heavy (non-hydrogen) atoms. The van der Waals surface area contributed by atoms with Gasteiger partial charge in [0.2, 0.25) is 0 Å². The van der Waals surface area contributed by atoms with E-state index in [-0.39, 0.29) is 4.45 Å². The maximum absolute atomic E-state index is 5.68. The Bertz CT molecular complexity index is 132. The first-order chi connectivity index (χ1) is 6.66. The topological polar surface area (TPSA) is 27.7 Å². The Balaban J connectivity index is 4.53. The predicted molar refractivity (Wildman–Crippen MR) is 67.1 cm³/mol. The second kappa shape index (κ2) is 8.24. The fourth-order valence-corrected chi connectivity index (χ4v) is 5.66. The monoisotopic (exact) mass is 348 g/mol. The van der Waals surface area contributed by atoms with Gasteiger partial charge in [0.05, 0.1) is 4.45 Å². The van der Waals surface area contributed by atoms with E-state index in [2.05, 4.69) is 31.9 Å². The molecule has 0 amide bonds. The van der Waals surface area contributed by atoms with E-state index in [1.165, 1.54) is 0 Å². The zero-order chi connectivity index (χ0) is 11.0. The van der Waals surface area contributed by atoms with E-state index in [1.807, 2.05) is 20.8 Å². The summed E-state index contributed by atoms with van der Waals surface area (Å²) in [4.78, 5) is 0. The second-order valence-corrected chi connectivity index (χ2v) is 7.89. The smallest absolute Gasteiger partial charge is 0.373 e. The molecule has 1 atom stereocenters. The van der Waals surface area contributed by atoms with Gasteiger partial charge in [0.25, 0.3) is 0 Å². The van der Waals surface area contributed by atoms with Gasteiger partial charge in [-0.2, -0.15) is 0 Å². The van der Waals surface area contributed by atoms with Crippen molar-refractivity contribution < 1.29 is 13.3 Å². The van der Waals surface area contributed by atoms with Crippen molar-refractivity contribution >= 4 is 40.7 Å². The van der Waals surface area contributed by atoms with Crippen molar-refractivity contribution in [2.45, 2.75) is 25.2 Å². The summed E-state index contributed by atoms with van der Waals surface area (Å²) in [5, 5.41) is 0.763. The van der Waals surface area contributed by atoms with Gasteiger partial charge in [-0.3, -0.25) is 0 Å². The molecule has 0 aliphatic carbocycles. The maximum atomic E-state index is 5.68. The molecule has 1 unspecified atom stereocenters. The van der Waals surface area contributed by atoms with Crippen LogP contribution in [-0.4, -0.2) is 38.4 Å². The van der Waals surface area contributed by atoms with Crippen LogP contribution >= 0.6 is 31.9 Å². The Morgan fingerprint density at radius 2 is 1.36 bits per heavy atom. The van der Waals surface area contributed by atoms with E-state index in [1.54, 1.807) is 0 Å². The summed E-state index contributed by atoms with van der Waals surface area (Å²) in [6.45, 7) is 7.69. The summed E-state index contributed by atoms with van der Waals surface area (Å²) in [7, 11) is -2.53. The van der Waals surface area contributed by atoms with Crippen molar-refractivity contribution in [1.29, 1.82) is 0 Å². The highest BCUT2D eigenvalue weighted by atomic mass is 79.9. The highest BCUT2D eigenvalue weighted by Crippen LogP contribution is 2.23. The van der Waals surface area contributed by atoms with Crippen LogP contribution in [-0.2, 0) is 13.3 Å². The van der Waals surface area contributed by atoms with Gasteiger partial charge in [-0.15, -0.1) is 0 Å². The van der Waals surface area contributed by atoms with Gasteiger partial charge in [-0.05, 0) is 20.8 Å². The Kier molecular flexibility index (Phi) is 8.86. The summed E-state index contributed by atoms with van der Waals surface area (Å²) >= 11 is 6.95. The molecule has 0 rings (SSSR count). The Morgan fingerprint density at radius 3 is 1.57 bits per heavy atom. The van der Waals surface area contributed by atoms with E-state index in [9.17, 15) is 0 Å². The lowest BCUT2D eigenvalue weighted by Gasteiger charge is -2.31. The van der Waals surface area contributed by atoms with Crippen LogP contribution in [0.5, 0.6) is 0 Å². The van der Waals surface area contributed by atoms with Crippen LogP contribution in [0.15, 0.2) is 0 Å². The fraction of sp³-hybridized carbons (Fsp3) is 1.00. The highest BCUT2D eigenvalue weighted by molar-refractivity contribution is 9.12. The SMILES string of the molecule is CCO[Si](OCC)(OCC)C(Br)CBr. The molecule has 0 spiro atoms. The quantitative estimate of drug-likeness (QED) is 0.498. The summed E-state index contributed by atoms with van der Waals surface area (Å²) in [5.74, 6) is 0. The van der Waals surface area contributed by atoms with Crippen LogP contribution in [0, 0.1) is 0 Å². The first-order valence-electron chi connectivity index (χ1n) is 4.78. The van der Waals surface area contributed by atoms with Crippen LogP contribution < -0.4 is 0 Å². The Labute approximate surface area is 104 Å². The number of hydrogen-bond acceptors (Lipinski definition) is 3. The largest absolute Gasteiger partial charge is 0.516 e. The van der Waals surface area contributed by atoms with Gasteiger partial charge in [-0.25, -0.2) is 0 Å². The van der Waals surface area contributed by atoms with E-state index in [4.69, 9.17) is 13.3 Å². The number of halogens is 2. The maximum Gasteiger partial charge on any atom is 0.516 e. The average Bonchev–Trinajstić information content (AvgIpc) is 2.17. The van der Waals surface area contributed by atoms with Gasteiger partial charge < -0.3 is 13.3 Å². The van der Waals surface area contributed by atoms with Crippen molar-refractivity contribution in [3.8, 4) is 0 Å². The molecule has 0 aromatic rings. The molecule has 0 bridgehead atoms. The molecular weight excluding hydrogens is 332 g/mol. The number of rotatable bonds is 8. The third-order valence-electron chi connectivity index (χ3n) is 1.56. The van der Waals surface area contributed by atoms with E-state index in [0.717, 1.165) is 5.33 Å². The second-order valence-electron chi connectivity index (χ2n) is 2.52. The van der Waals surface area contributed by atoms with Crippen LogP contribution in [0.1, 0.15) is 20.8 Å². The lowest BCUT2D eigenvalue weighted by atomic mass is 10.9. The van der Waals surface area contributed by atoms with Crippen molar-refractivity contribution in [1.82, 2.24) is 0 Å². The standard InChI is InChI=1S/C8H18Br2O3Si/c1-4-11-14(12-5-2,13-6-3)8(10)7-9/h8H,4-7H2,1-3H3. The van der Waals surface area contributed by atoms with Crippen LogP contribution in [0.3, 0.4) is 0 Å². The van der Waals surface area contributed by atoms with Gasteiger partial charge in [0, 0.05) is 25.2 Å². The zero-order valence-electron chi connectivity index (χ0n) is 8.89. The lowest BCUT2D eigenvalue weighted by Crippen LogP contribution is -2.54. The van der Waals surface area contributed by atoms with Crippen molar-refractivity contribution in [2.75, 3.05) is 25.2 Å². The highest BCUT2D eigenvalue weighted by Gasteiger charge is 2.47. The minimum absolute atomic E-state index is 0.106. The number of alkyl halides is 2. The molecular formula is C8H18Br2O3Si. The summed E-state index contributed by atoms with van der Waals surface area (Å²) < 4.78 is 17.1. The molecule has 0 saturated carbocycles. The predicted octanol–water partition coefficient (Wildman–Crippen LogP) is 2.73. The minimum Gasteiger partial charge on any atom is -0.373 e. The normalized spacial score (nSPS) is 14.4. The molecule has 0 aliphatic rings. The molecule has 0 aliphatic heterocycles. The third-order valence-corrected chi connectivity index (χ3v) is 8.72. The first-order valence-corrected chi connectivity index (χ1v) is 8.62. The molecule has 3 nitrogen and oxygen atoms in total. The molecule has 0 saturated heterocycles. The van der Waals surface area contributed by atoms with Gasteiger partial charge >= 0.3 is 8.80 Å². The lowest BCUT2D eigenvalue weighted by molar-refractivity contribution is 0.0717. The third kappa shape index (κ3) is 4.28. The molecule has 86 valence electrons. The molecule has 0 heterocycles. The van der Waals surface area contributed by atoms with Crippen molar-refractivity contribution in [2.24, 2.45) is 0 Å². The minimum atomic E-state index is -2.53. The molecule has 0 aromatic carbocycles. The molecule has 0 radical (unpaired) electrons. The van der Waals surface area contributed by atoms with Crippen LogP contribution in [0.2, 0.25) is 0 Å². The Morgan fingerprint density at radius 1 is 1.00 bits per heavy atom. The molecule has 0 aromatic heterocycles. The summed E-state index contributed by atoms with van der Waals surface area (Å²) in [5.41, 5.74) is 0. The molecule has 0 N–H and O–H groups in total. The average molecular weight is 350 g/mol. The first kappa shape index (κ1) is 15.1. The van der Waals surface area contributed by atoms with Gasteiger partial charge in [-0.1, -0.05) is 31.9 Å². The number of hydrogen-bond donors (Lipinski definition) is 0. The summed E-state index contributed by atoms with van der Waals surface area (Å²) in [6.07, 6.45) is 0. The Hall–Kier alpha value is 1.06. The van der Waals surface area contributed by atoms with Crippen molar-refractivity contribution in [3.05, 3.63) is 0 Å². The van der Waals surface area contributed by atoms with E-state index < -0.39 is 8.80 Å². The molecule has 0 fully saturated rings. The van der Waals surface area contributed by atoms with E-state index in [0.29, 0.717) is 19.8 Å². The fourth-order valence-electron chi connectivity index (χ4n) is 1.09. The van der Waals surface area contributed by atoms with Crippen LogP contribution in [0.4, 0.5) is 0 Å². The van der Waals surface area contributed by atoms with Crippen molar-refractivity contribution in [3.63, 3.8) is 0 Å². The van der Waals surface area contributed by atoms with E-state index >= 15 is 0 Å². The summed E-state index contributed by atoms with van der Waals surface area (Å²) in [6, 6.07) is 0.